The van der Waals surface area contributed by atoms with E-state index in [1.54, 1.807) is 0 Å². The van der Waals surface area contributed by atoms with E-state index in [4.69, 9.17) is 4.55 Å². The molecule has 0 amide bonds. The number of esters is 1. The highest BCUT2D eigenvalue weighted by Crippen LogP contribution is 2.61. The number of carbonyl (C=O) groups is 1. The normalized spacial score (nSPS) is 38.5. The molecule has 0 aliphatic heterocycles. The quantitative estimate of drug-likeness (QED) is 0.632. The zero-order valence-corrected chi connectivity index (χ0v) is 12.2. The van der Waals surface area contributed by atoms with Crippen LogP contribution >= 0.6 is 0 Å². The Balaban J connectivity index is 1.61. The molecule has 0 saturated heterocycles. The summed E-state index contributed by atoms with van der Waals surface area (Å²) in [6.45, 7) is -1.62. The average molecular weight is 324 g/mol. The van der Waals surface area contributed by atoms with Crippen LogP contribution in [0.2, 0.25) is 0 Å². The minimum atomic E-state index is -5.56. The molecular weight excluding hydrogens is 306 g/mol. The largest absolute Gasteiger partial charge is 0.458 e. The molecule has 3 aliphatic carbocycles. The first kappa shape index (κ1) is 15.1. The van der Waals surface area contributed by atoms with Gasteiger partial charge in [-0.2, -0.15) is 17.2 Å². The lowest BCUT2D eigenvalue weighted by atomic mass is 9.76. The first-order valence-corrected chi connectivity index (χ1v) is 8.66. The van der Waals surface area contributed by atoms with Crippen molar-refractivity contribution in [1.82, 2.24) is 0 Å². The number of alkyl halides is 2. The van der Waals surface area contributed by atoms with Crippen LogP contribution < -0.4 is 0 Å². The minimum Gasteiger partial charge on any atom is -0.458 e. The summed E-state index contributed by atoms with van der Waals surface area (Å²) in [6.07, 6.45) is 5.03. The molecule has 3 rings (SSSR count). The summed E-state index contributed by atoms with van der Waals surface area (Å²) in [5.41, 5.74) is 0. The van der Waals surface area contributed by atoms with E-state index in [9.17, 15) is 22.0 Å². The lowest BCUT2D eigenvalue weighted by molar-refractivity contribution is -0.157. The monoisotopic (exact) mass is 324 g/mol. The number of hydrogen-bond donors (Lipinski definition) is 1. The van der Waals surface area contributed by atoms with Crippen molar-refractivity contribution in [2.24, 2.45) is 29.6 Å². The number of ether oxygens (including phenoxy) is 1. The van der Waals surface area contributed by atoms with E-state index in [-0.39, 0.29) is 5.92 Å². The van der Waals surface area contributed by atoms with E-state index in [1.807, 2.05) is 0 Å². The summed E-state index contributed by atoms with van der Waals surface area (Å²) in [5, 5.41) is -4.45. The second-order valence-electron chi connectivity index (χ2n) is 6.48. The second-order valence-corrected chi connectivity index (χ2v) is 8.03. The van der Waals surface area contributed by atoms with Gasteiger partial charge in [0.2, 0.25) is 0 Å². The molecule has 5 atom stereocenters. The molecule has 0 aromatic rings. The van der Waals surface area contributed by atoms with Gasteiger partial charge in [-0.15, -0.1) is 0 Å². The molecule has 3 fully saturated rings. The van der Waals surface area contributed by atoms with Gasteiger partial charge in [0.1, 0.15) is 0 Å². The third-order valence-electron chi connectivity index (χ3n) is 5.49. The van der Waals surface area contributed by atoms with Gasteiger partial charge < -0.3 is 4.74 Å². The third kappa shape index (κ3) is 2.46. The number of carbonyl (C=O) groups excluding carboxylic acids is 1. The van der Waals surface area contributed by atoms with Crippen LogP contribution in [0.3, 0.4) is 0 Å². The SMILES string of the molecule is O=C(OCC(F)(F)S(=O)(=O)O)C1CC2CC1C1CCCC21. The third-order valence-corrected chi connectivity index (χ3v) is 6.36. The minimum absolute atomic E-state index is 0.189. The molecule has 0 heterocycles. The van der Waals surface area contributed by atoms with Crippen molar-refractivity contribution in [3.8, 4) is 0 Å². The average Bonchev–Trinajstić information content (AvgIpc) is 3.05. The van der Waals surface area contributed by atoms with Crippen LogP contribution in [0, 0.1) is 29.6 Å². The van der Waals surface area contributed by atoms with Gasteiger partial charge in [-0.1, -0.05) is 6.42 Å². The van der Waals surface area contributed by atoms with E-state index in [2.05, 4.69) is 4.74 Å². The van der Waals surface area contributed by atoms with Gasteiger partial charge in [-0.3, -0.25) is 9.35 Å². The molecule has 0 radical (unpaired) electrons. The van der Waals surface area contributed by atoms with Crippen LogP contribution in [0.25, 0.3) is 0 Å². The number of rotatable bonds is 4. The smallest absolute Gasteiger partial charge is 0.402 e. The van der Waals surface area contributed by atoms with Crippen LogP contribution in [-0.2, 0) is 19.6 Å². The Morgan fingerprint density at radius 1 is 1.19 bits per heavy atom. The van der Waals surface area contributed by atoms with Crippen molar-refractivity contribution >= 4 is 16.1 Å². The molecule has 3 saturated carbocycles. The maximum Gasteiger partial charge on any atom is 0.402 e. The molecular formula is C13H18F2O5S. The predicted molar refractivity (Wildman–Crippen MR) is 68.0 cm³/mol. The fraction of sp³-hybridized carbons (Fsp3) is 0.923. The molecule has 8 heteroatoms. The second kappa shape index (κ2) is 4.87. The van der Waals surface area contributed by atoms with E-state index >= 15 is 0 Å². The zero-order chi connectivity index (χ0) is 15.4. The van der Waals surface area contributed by atoms with E-state index in [0.717, 1.165) is 19.3 Å². The molecule has 1 N–H and O–H groups in total. The lowest BCUT2D eigenvalue weighted by Crippen LogP contribution is -2.37. The van der Waals surface area contributed by atoms with Gasteiger partial charge in [-0.25, -0.2) is 0 Å². The Morgan fingerprint density at radius 3 is 2.52 bits per heavy atom. The Labute approximate surface area is 121 Å². The first-order chi connectivity index (χ1) is 9.71. The molecule has 0 spiro atoms. The Morgan fingerprint density at radius 2 is 1.86 bits per heavy atom. The molecule has 3 aliphatic rings. The van der Waals surface area contributed by atoms with Gasteiger partial charge in [0.15, 0.2) is 6.61 Å². The van der Waals surface area contributed by atoms with Crippen molar-refractivity contribution in [1.29, 1.82) is 0 Å². The Bertz CT molecular complexity index is 547. The fourth-order valence-corrected chi connectivity index (χ4v) is 4.88. The summed E-state index contributed by atoms with van der Waals surface area (Å²) in [6, 6.07) is 0. The van der Waals surface area contributed by atoms with Gasteiger partial charge in [-0.05, 0) is 49.4 Å². The predicted octanol–water partition coefficient (Wildman–Crippen LogP) is 2.08. The molecule has 5 nitrogen and oxygen atoms in total. The Hall–Kier alpha value is -0.760. The van der Waals surface area contributed by atoms with Gasteiger partial charge in [0, 0.05) is 0 Å². The van der Waals surface area contributed by atoms with E-state index < -0.39 is 33.9 Å². The summed E-state index contributed by atoms with van der Waals surface area (Å²) >= 11 is 0. The molecule has 2 bridgehead atoms. The molecule has 0 aromatic carbocycles. The highest BCUT2D eigenvalue weighted by molar-refractivity contribution is 7.86. The van der Waals surface area contributed by atoms with Gasteiger partial charge in [0.25, 0.3) is 0 Å². The molecule has 21 heavy (non-hydrogen) atoms. The standard InChI is InChI=1S/C13H18F2O5S/c14-13(15,21(17,18)19)6-20-12(16)11-5-7-4-10(11)9-3-1-2-8(7)9/h7-11H,1-6H2,(H,17,18,19). The summed E-state index contributed by atoms with van der Waals surface area (Å²) < 4.78 is 60.0. The molecule has 0 aromatic heterocycles. The topological polar surface area (TPSA) is 80.7 Å². The van der Waals surface area contributed by atoms with E-state index in [1.165, 1.54) is 6.42 Å². The van der Waals surface area contributed by atoms with Crippen molar-refractivity contribution in [3.63, 3.8) is 0 Å². The van der Waals surface area contributed by atoms with Gasteiger partial charge in [0.05, 0.1) is 5.92 Å². The van der Waals surface area contributed by atoms with Crippen molar-refractivity contribution in [3.05, 3.63) is 0 Å². The zero-order valence-electron chi connectivity index (χ0n) is 11.4. The first-order valence-electron chi connectivity index (χ1n) is 7.22. The molecule has 5 unspecified atom stereocenters. The van der Waals surface area contributed by atoms with Gasteiger partial charge >= 0.3 is 21.3 Å². The number of fused-ring (bicyclic) bond motifs is 5. The summed E-state index contributed by atoms with van der Waals surface area (Å²) in [4.78, 5) is 12.0. The van der Waals surface area contributed by atoms with Crippen molar-refractivity contribution in [2.75, 3.05) is 6.61 Å². The van der Waals surface area contributed by atoms with Crippen LogP contribution in [0.1, 0.15) is 32.1 Å². The maximum absolute atomic E-state index is 13.1. The van der Waals surface area contributed by atoms with Crippen molar-refractivity contribution < 1.29 is 31.3 Å². The van der Waals surface area contributed by atoms with Crippen LogP contribution in [-0.4, -0.2) is 30.8 Å². The van der Waals surface area contributed by atoms with Crippen LogP contribution in [0.5, 0.6) is 0 Å². The number of hydrogen-bond acceptors (Lipinski definition) is 4. The van der Waals surface area contributed by atoms with Crippen LogP contribution in [0.15, 0.2) is 0 Å². The maximum atomic E-state index is 13.1. The molecule has 120 valence electrons. The Kier molecular flexibility index (Phi) is 3.52. The summed E-state index contributed by atoms with van der Waals surface area (Å²) in [7, 11) is -5.56. The fourth-order valence-electron chi connectivity index (χ4n) is 4.68. The van der Waals surface area contributed by atoms with E-state index in [0.29, 0.717) is 24.2 Å². The van der Waals surface area contributed by atoms with Crippen LogP contribution in [0.4, 0.5) is 8.78 Å². The highest BCUT2D eigenvalue weighted by atomic mass is 32.2. The highest BCUT2D eigenvalue weighted by Gasteiger charge is 2.56. The lowest BCUT2D eigenvalue weighted by Gasteiger charge is -2.30. The number of halogens is 2. The summed E-state index contributed by atoms with van der Waals surface area (Å²) in [5.74, 6) is 0.668. The van der Waals surface area contributed by atoms with Crippen molar-refractivity contribution in [2.45, 2.75) is 37.4 Å².